The van der Waals surface area contributed by atoms with Crippen LogP contribution >= 0.6 is 23.8 Å². The molecule has 1 fully saturated rings. The first-order valence-electron chi connectivity index (χ1n) is 7.30. The van der Waals surface area contributed by atoms with Gasteiger partial charge in [-0.15, -0.1) is 0 Å². The average molecular weight is 327 g/mol. The van der Waals surface area contributed by atoms with Gasteiger partial charge in [0.05, 0.1) is 11.4 Å². The largest absolute Gasteiger partial charge is 0.370 e. The van der Waals surface area contributed by atoms with Crippen LogP contribution in [0.5, 0.6) is 0 Å². The third-order valence-electron chi connectivity index (χ3n) is 3.50. The summed E-state index contributed by atoms with van der Waals surface area (Å²) in [7, 11) is 4.08. The van der Waals surface area contributed by atoms with Gasteiger partial charge in [0, 0.05) is 31.2 Å². The van der Waals surface area contributed by atoms with Crippen molar-refractivity contribution in [3.05, 3.63) is 23.2 Å². The molecular weight excluding hydrogens is 304 g/mol. The Hall–Kier alpha value is -1.04. The van der Waals surface area contributed by atoms with Gasteiger partial charge in [-0.05, 0) is 57.4 Å². The lowest BCUT2D eigenvalue weighted by atomic mass is 10.2. The third-order valence-corrected chi connectivity index (χ3v) is 3.98. The SMILES string of the molecule is CN(C)CCNC(=S)Nc1cc(Cl)ccc1N1CCCC1. The van der Waals surface area contributed by atoms with Gasteiger partial charge in [-0.25, -0.2) is 0 Å². The van der Waals surface area contributed by atoms with Gasteiger partial charge in [0.1, 0.15) is 0 Å². The number of hydrogen-bond acceptors (Lipinski definition) is 3. The minimum atomic E-state index is 0.638. The van der Waals surface area contributed by atoms with E-state index < -0.39 is 0 Å². The Morgan fingerprint density at radius 1 is 1.33 bits per heavy atom. The smallest absolute Gasteiger partial charge is 0.170 e. The van der Waals surface area contributed by atoms with Crippen molar-refractivity contribution in [1.82, 2.24) is 10.2 Å². The Labute approximate surface area is 137 Å². The molecule has 1 aromatic rings. The molecule has 1 saturated heterocycles. The van der Waals surface area contributed by atoms with E-state index in [0.717, 1.165) is 36.9 Å². The maximum Gasteiger partial charge on any atom is 0.170 e. The highest BCUT2D eigenvalue weighted by Crippen LogP contribution is 2.31. The fourth-order valence-corrected chi connectivity index (χ4v) is 2.79. The van der Waals surface area contributed by atoms with Crippen LogP contribution in [0.2, 0.25) is 5.02 Å². The van der Waals surface area contributed by atoms with E-state index in [-0.39, 0.29) is 0 Å². The highest BCUT2D eigenvalue weighted by molar-refractivity contribution is 7.80. The standard InChI is InChI=1S/C15H23ClN4S/c1-19(2)10-7-17-15(21)18-13-11-12(16)5-6-14(13)20-8-3-4-9-20/h5-6,11H,3-4,7-10H2,1-2H3,(H2,17,18,21). The van der Waals surface area contributed by atoms with Crippen molar-refractivity contribution in [1.29, 1.82) is 0 Å². The highest BCUT2D eigenvalue weighted by Gasteiger charge is 2.16. The summed E-state index contributed by atoms with van der Waals surface area (Å²) in [6, 6.07) is 5.94. The summed E-state index contributed by atoms with van der Waals surface area (Å²) in [6.07, 6.45) is 2.49. The van der Waals surface area contributed by atoms with Crippen molar-refractivity contribution < 1.29 is 0 Å². The highest BCUT2D eigenvalue weighted by atomic mass is 35.5. The number of likely N-dealkylation sites (N-methyl/N-ethyl adjacent to an activating group) is 1. The van der Waals surface area contributed by atoms with Crippen LogP contribution < -0.4 is 15.5 Å². The fraction of sp³-hybridized carbons (Fsp3) is 0.533. The van der Waals surface area contributed by atoms with E-state index >= 15 is 0 Å². The molecule has 0 aliphatic carbocycles. The van der Waals surface area contributed by atoms with Crippen molar-refractivity contribution >= 4 is 40.3 Å². The van der Waals surface area contributed by atoms with Gasteiger partial charge >= 0.3 is 0 Å². The molecule has 1 aromatic carbocycles. The van der Waals surface area contributed by atoms with Gasteiger partial charge in [0.2, 0.25) is 0 Å². The minimum Gasteiger partial charge on any atom is -0.370 e. The summed E-state index contributed by atoms with van der Waals surface area (Å²) in [5.74, 6) is 0. The molecule has 0 atom stereocenters. The maximum atomic E-state index is 6.12. The van der Waals surface area contributed by atoms with Crippen LogP contribution in [-0.4, -0.2) is 50.3 Å². The lowest BCUT2D eigenvalue weighted by Gasteiger charge is -2.23. The van der Waals surface area contributed by atoms with Gasteiger partial charge in [-0.3, -0.25) is 0 Å². The second-order valence-corrected chi connectivity index (χ2v) is 6.38. The van der Waals surface area contributed by atoms with E-state index in [0.29, 0.717) is 5.11 Å². The van der Waals surface area contributed by atoms with Gasteiger partial charge in [-0.2, -0.15) is 0 Å². The molecule has 116 valence electrons. The molecule has 6 heteroatoms. The second kappa shape index (κ2) is 7.82. The number of nitrogens with one attached hydrogen (secondary N) is 2. The zero-order chi connectivity index (χ0) is 15.2. The first-order chi connectivity index (χ1) is 10.1. The number of anilines is 2. The number of halogens is 1. The van der Waals surface area contributed by atoms with Gasteiger partial charge < -0.3 is 20.4 Å². The molecule has 21 heavy (non-hydrogen) atoms. The fourth-order valence-electron chi connectivity index (χ4n) is 2.40. The van der Waals surface area contributed by atoms with Crippen LogP contribution in [0, 0.1) is 0 Å². The van der Waals surface area contributed by atoms with Crippen LogP contribution in [0.4, 0.5) is 11.4 Å². The summed E-state index contributed by atoms with van der Waals surface area (Å²) >= 11 is 11.5. The van der Waals surface area contributed by atoms with Crippen molar-refractivity contribution in [3.63, 3.8) is 0 Å². The van der Waals surface area contributed by atoms with Crippen molar-refractivity contribution in [3.8, 4) is 0 Å². The van der Waals surface area contributed by atoms with E-state index in [1.54, 1.807) is 0 Å². The normalized spacial score (nSPS) is 14.6. The summed E-state index contributed by atoms with van der Waals surface area (Å²) in [4.78, 5) is 4.49. The summed E-state index contributed by atoms with van der Waals surface area (Å²) in [5.41, 5.74) is 2.15. The second-order valence-electron chi connectivity index (χ2n) is 5.54. The Bertz CT molecular complexity index is 487. The molecule has 4 nitrogen and oxygen atoms in total. The predicted octanol–water partition coefficient (Wildman–Crippen LogP) is 2.79. The Morgan fingerprint density at radius 3 is 2.71 bits per heavy atom. The zero-order valence-electron chi connectivity index (χ0n) is 12.7. The molecule has 0 amide bonds. The summed E-state index contributed by atoms with van der Waals surface area (Å²) in [6.45, 7) is 3.95. The lowest BCUT2D eigenvalue weighted by molar-refractivity contribution is 0.413. The predicted molar refractivity (Wildman–Crippen MR) is 95.7 cm³/mol. The van der Waals surface area contributed by atoms with Crippen molar-refractivity contribution in [2.24, 2.45) is 0 Å². The molecule has 0 aromatic heterocycles. The van der Waals surface area contributed by atoms with Crippen LogP contribution in [0.25, 0.3) is 0 Å². The minimum absolute atomic E-state index is 0.638. The topological polar surface area (TPSA) is 30.5 Å². The van der Waals surface area contributed by atoms with E-state index in [2.05, 4.69) is 26.5 Å². The number of hydrogen-bond donors (Lipinski definition) is 2. The van der Waals surface area contributed by atoms with Gasteiger partial charge in [0.15, 0.2) is 5.11 Å². The first kappa shape index (κ1) is 16.3. The molecule has 0 bridgehead atoms. The van der Waals surface area contributed by atoms with Gasteiger partial charge in [0.25, 0.3) is 0 Å². The maximum absolute atomic E-state index is 6.12. The Kier molecular flexibility index (Phi) is 6.08. The summed E-state index contributed by atoms with van der Waals surface area (Å²) < 4.78 is 0. The molecule has 1 heterocycles. The lowest BCUT2D eigenvalue weighted by Crippen LogP contribution is -2.34. The third kappa shape index (κ3) is 5.02. The molecule has 2 N–H and O–H groups in total. The molecule has 0 unspecified atom stereocenters. The zero-order valence-corrected chi connectivity index (χ0v) is 14.2. The molecular formula is C15H23ClN4S. The van der Waals surface area contributed by atoms with Gasteiger partial charge in [-0.1, -0.05) is 11.6 Å². The molecule has 0 spiro atoms. The van der Waals surface area contributed by atoms with E-state index in [9.17, 15) is 0 Å². The molecule has 2 rings (SSSR count). The molecule has 1 aliphatic heterocycles. The van der Waals surface area contributed by atoms with Crippen LogP contribution in [0.15, 0.2) is 18.2 Å². The van der Waals surface area contributed by atoms with Crippen molar-refractivity contribution in [2.75, 3.05) is 50.5 Å². The average Bonchev–Trinajstić information content (AvgIpc) is 2.92. The number of rotatable bonds is 5. The quantitative estimate of drug-likeness (QED) is 0.813. The Morgan fingerprint density at radius 2 is 2.05 bits per heavy atom. The number of nitrogens with zero attached hydrogens (tertiary/aromatic N) is 2. The molecule has 0 radical (unpaired) electrons. The first-order valence-corrected chi connectivity index (χ1v) is 8.09. The van der Waals surface area contributed by atoms with Crippen LogP contribution in [-0.2, 0) is 0 Å². The number of benzene rings is 1. The monoisotopic (exact) mass is 326 g/mol. The van der Waals surface area contributed by atoms with Crippen molar-refractivity contribution in [2.45, 2.75) is 12.8 Å². The van der Waals surface area contributed by atoms with Crippen LogP contribution in [0.3, 0.4) is 0 Å². The van der Waals surface area contributed by atoms with E-state index in [4.69, 9.17) is 23.8 Å². The number of thiocarbonyl (C=S) groups is 1. The summed E-state index contributed by atoms with van der Waals surface area (Å²) in [5, 5.41) is 7.85. The van der Waals surface area contributed by atoms with E-state index in [1.165, 1.54) is 18.5 Å². The molecule has 1 aliphatic rings. The Balaban J connectivity index is 2.00. The van der Waals surface area contributed by atoms with Crippen LogP contribution in [0.1, 0.15) is 12.8 Å². The molecule has 0 saturated carbocycles. The van der Waals surface area contributed by atoms with E-state index in [1.807, 2.05) is 26.2 Å².